The predicted molar refractivity (Wildman–Crippen MR) is 75.2 cm³/mol. The number of alkyl halides is 1. The molecule has 0 bridgehead atoms. The summed E-state index contributed by atoms with van der Waals surface area (Å²) in [5.41, 5.74) is 0.669. The highest BCUT2D eigenvalue weighted by Gasteiger charge is 2.15. The Balaban J connectivity index is 2.34. The first-order valence-electron chi connectivity index (χ1n) is 6.65. The molecule has 0 atom stereocenters. The molecular weight excluding hydrogens is 286 g/mol. The van der Waals surface area contributed by atoms with Gasteiger partial charge in [-0.25, -0.2) is 13.8 Å². The van der Waals surface area contributed by atoms with Gasteiger partial charge in [-0.1, -0.05) is 0 Å². The first-order chi connectivity index (χ1) is 9.67. The van der Waals surface area contributed by atoms with E-state index in [4.69, 9.17) is 16.3 Å². The Hall–Kier alpha value is -1.20. The maximum Gasteiger partial charge on any atom is 0.153 e. The van der Waals surface area contributed by atoms with Gasteiger partial charge in [0.15, 0.2) is 5.82 Å². The summed E-state index contributed by atoms with van der Waals surface area (Å²) in [7, 11) is 0. The quantitative estimate of drug-likeness (QED) is 0.578. The lowest BCUT2D eigenvalue weighted by atomic mass is 10.3. The minimum Gasteiger partial charge on any atom is -0.382 e. The van der Waals surface area contributed by atoms with Crippen LogP contribution >= 0.6 is 11.6 Å². The third-order valence-electron chi connectivity index (χ3n) is 3.04. The molecule has 0 spiro atoms. The average Bonchev–Trinajstić information content (AvgIpc) is 2.74. The monoisotopic (exact) mass is 302 g/mol. The molecule has 3 nitrogen and oxygen atoms in total. The van der Waals surface area contributed by atoms with E-state index in [1.54, 1.807) is 0 Å². The van der Waals surface area contributed by atoms with Gasteiger partial charge in [0.25, 0.3) is 0 Å². The molecule has 6 heteroatoms. The molecule has 0 radical (unpaired) electrons. The van der Waals surface area contributed by atoms with E-state index < -0.39 is 11.6 Å². The number of nitrogens with zero attached hydrogens (tertiary/aromatic N) is 2. The summed E-state index contributed by atoms with van der Waals surface area (Å²) < 4.78 is 34.2. The molecule has 0 aliphatic rings. The van der Waals surface area contributed by atoms with Crippen molar-refractivity contribution in [2.75, 3.05) is 19.1 Å². The van der Waals surface area contributed by atoms with Crippen molar-refractivity contribution in [3.63, 3.8) is 0 Å². The molecule has 1 heterocycles. The molecule has 0 saturated carbocycles. The summed E-state index contributed by atoms with van der Waals surface area (Å²) in [6.45, 7) is 3.79. The predicted octanol–water partition coefficient (Wildman–Crippen LogP) is 3.52. The number of halogens is 3. The van der Waals surface area contributed by atoms with E-state index in [2.05, 4.69) is 4.98 Å². The number of fused-ring (bicyclic) bond motifs is 1. The second-order valence-electron chi connectivity index (χ2n) is 4.42. The van der Waals surface area contributed by atoms with Crippen LogP contribution in [0.3, 0.4) is 0 Å². The molecule has 0 N–H and O–H groups in total. The normalized spacial score (nSPS) is 11.4. The van der Waals surface area contributed by atoms with Crippen LogP contribution < -0.4 is 0 Å². The highest BCUT2D eigenvalue weighted by Crippen LogP contribution is 2.22. The molecule has 20 heavy (non-hydrogen) atoms. The second kappa shape index (κ2) is 6.99. The van der Waals surface area contributed by atoms with Gasteiger partial charge in [-0.2, -0.15) is 0 Å². The van der Waals surface area contributed by atoms with Crippen molar-refractivity contribution in [2.45, 2.75) is 26.3 Å². The highest BCUT2D eigenvalue weighted by molar-refractivity contribution is 6.17. The van der Waals surface area contributed by atoms with Crippen LogP contribution in [0.15, 0.2) is 12.1 Å². The van der Waals surface area contributed by atoms with Crippen LogP contribution in [0.4, 0.5) is 8.78 Å². The number of aromatic nitrogens is 2. The van der Waals surface area contributed by atoms with Gasteiger partial charge in [0.05, 0.1) is 5.52 Å². The first-order valence-corrected chi connectivity index (χ1v) is 7.18. The Kier molecular flexibility index (Phi) is 5.31. The number of hydrogen-bond acceptors (Lipinski definition) is 2. The zero-order valence-corrected chi connectivity index (χ0v) is 12.1. The van der Waals surface area contributed by atoms with E-state index in [0.717, 1.165) is 12.5 Å². The number of ether oxygens (including phenoxy) is 1. The summed E-state index contributed by atoms with van der Waals surface area (Å²) in [6, 6.07) is 2.16. The van der Waals surface area contributed by atoms with E-state index >= 15 is 0 Å². The summed E-state index contributed by atoms with van der Waals surface area (Å²) in [5, 5.41) is 0. The van der Waals surface area contributed by atoms with Crippen LogP contribution in [-0.4, -0.2) is 28.6 Å². The van der Waals surface area contributed by atoms with Crippen molar-refractivity contribution in [2.24, 2.45) is 0 Å². The van der Waals surface area contributed by atoms with Crippen molar-refractivity contribution >= 4 is 22.6 Å². The molecule has 1 aromatic heterocycles. The number of imidazole rings is 1. The van der Waals surface area contributed by atoms with Crippen LogP contribution in [0.25, 0.3) is 11.0 Å². The smallest absolute Gasteiger partial charge is 0.153 e. The highest BCUT2D eigenvalue weighted by atomic mass is 35.5. The average molecular weight is 303 g/mol. The van der Waals surface area contributed by atoms with E-state index in [1.165, 1.54) is 6.07 Å². The van der Waals surface area contributed by atoms with Gasteiger partial charge >= 0.3 is 0 Å². The SMILES string of the molecule is CCOCCCn1c(CCCl)nc2c(F)cc(F)cc21. The Morgan fingerprint density at radius 2 is 2.15 bits per heavy atom. The van der Waals surface area contributed by atoms with Crippen molar-refractivity contribution in [1.82, 2.24) is 9.55 Å². The molecule has 0 saturated heterocycles. The van der Waals surface area contributed by atoms with Crippen molar-refractivity contribution in [3.05, 3.63) is 29.6 Å². The topological polar surface area (TPSA) is 27.1 Å². The van der Waals surface area contributed by atoms with E-state index in [1.807, 2.05) is 11.5 Å². The van der Waals surface area contributed by atoms with Crippen LogP contribution in [-0.2, 0) is 17.7 Å². The molecule has 2 aromatic rings. The Morgan fingerprint density at radius 1 is 1.35 bits per heavy atom. The largest absolute Gasteiger partial charge is 0.382 e. The minimum absolute atomic E-state index is 0.197. The maximum atomic E-state index is 13.8. The molecule has 1 aromatic carbocycles. The van der Waals surface area contributed by atoms with Gasteiger partial charge in [0, 0.05) is 38.1 Å². The lowest BCUT2D eigenvalue weighted by Crippen LogP contribution is -2.07. The summed E-state index contributed by atoms with van der Waals surface area (Å²) in [6.07, 6.45) is 1.28. The van der Waals surface area contributed by atoms with Gasteiger partial charge in [0.1, 0.15) is 17.2 Å². The summed E-state index contributed by atoms with van der Waals surface area (Å²) in [5.74, 6) is -0.174. The van der Waals surface area contributed by atoms with Crippen LogP contribution in [0.5, 0.6) is 0 Å². The third kappa shape index (κ3) is 3.27. The first kappa shape index (κ1) is 15.2. The van der Waals surface area contributed by atoms with Crippen molar-refractivity contribution < 1.29 is 13.5 Å². The Morgan fingerprint density at radius 3 is 2.85 bits per heavy atom. The molecular formula is C14H17ClF2N2O. The van der Waals surface area contributed by atoms with Gasteiger partial charge < -0.3 is 9.30 Å². The van der Waals surface area contributed by atoms with Crippen LogP contribution in [0, 0.1) is 11.6 Å². The van der Waals surface area contributed by atoms with Crippen LogP contribution in [0.1, 0.15) is 19.2 Å². The molecule has 0 aliphatic carbocycles. The lowest BCUT2D eigenvalue weighted by Gasteiger charge is -2.08. The van der Waals surface area contributed by atoms with Crippen LogP contribution in [0.2, 0.25) is 0 Å². The van der Waals surface area contributed by atoms with Gasteiger partial charge in [-0.05, 0) is 19.4 Å². The zero-order chi connectivity index (χ0) is 14.5. The van der Waals surface area contributed by atoms with Gasteiger partial charge in [-0.3, -0.25) is 0 Å². The maximum absolute atomic E-state index is 13.8. The Bertz CT molecular complexity index is 586. The second-order valence-corrected chi connectivity index (χ2v) is 4.80. The van der Waals surface area contributed by atoms with E-state index in [9.17, 15) is 8.78 Å². The standard InChI is InChI=1S/C14H17ClF2N2O/c1-2-20-7-3-6-19-12-9-10(16)8-11(17)14(12)18-13(19)4-5-15/h8-9H,2-7H2,1H3. The third-order valence-corrected chi connectivity index (χ3v) is 3.23. The van der Waals surface area contributed by atoms with Crippen molar-refractivity contribution in [1.29, 1.82) is 0 Å². The number of hydrogen-bond donors (Lipinski definition) is 0. The van der Waals surface area contributed by atoms with E-state index in [-0.39, 0.29) is 5.52 Å². The van der Waals surface area contributed by atoms with Gasteiger partial charge in [-0.15, -0.1) is 11.6 Å². The number of aryl methyl sites for hydroxylation is 2. The molecule has 2 rings (SSSR count). The molecule has 0 unspecified atom stereocenters. The fourth-order valence-electron chi connectivity index (χ4n) is 2.19. The number of rotatable bonds is 7. The minimum atomic E-state index is -0.639. The molecule has 0 fully saturated rings. The summed E-state index contributed by atoms with van der Waals surface area (Å²) in [4.78, 5) is 4.24. The fourth-order valence-corrected chi connectivity index (χ4v) is 2.36. The zero-order valence-electron chi connectivity index (χ0n) is 11.3. The summed E-state index contributed by atoms with van der Waals surface area (Å²) >= 11 is 5.74. The molecule has 0 aliphatic heterocycles. The van der Waals surface area contributed by atoms with Gasteiger partial charge in [0.2, 0.25) is 0 Å². The lowest BCUT2D eigenvalue weighted by molar-refractivity contribution is 0.141. The fraction of sp³-hybridized carbons (Fsp3) is 0.500. The van der Waals surface area contributed by atoms with E-state index in [0.29, 0.717) is 43.4 Å². The molecule has 0 amide bonds. The number of benzene rings is 1. The molecule has 110 valence electrons. The van der Waals surface area contributed by atoms with Crippen molar-refractivity contribution in [3.8, 4) is 0 Å². The Labute approximate surface area is 121 Å².